The maximum absolute atomic E-state index is 14.5. The molecule has 3 atom stereocenters. The number of ether oxygens (including phenoxy) is 1. The number of aliphatic hydroxyl groups is 1. The summed E-state index contributed by atoms with van der Waals surface area (Å²) in [5.74, 6) is -0.141. The van der Waals surface area contributed by atoms with Crippen molar-refractivity contribution in [2.75, 3.05) is 25.6 Å². The van der Waals surface area contributed by atoms with E-state index in [0.29, 0.717) is 6.42 Å². The minimum Gasteiger partial charge on any atom is -0.497 e. The molecule has 0 aliphatic carbocycles. The molecular formula is C25H25FN2O4S. The van der Waals surface area contributed by atoms with Crippen LogP contribution in [-0.2, 0) is 10.0 Å². The summed E-state index contributed by atoms with van der Waals surface area (Å²) in [6.07, 6.45) is 0.572. The monoisotopic (exact) mass is 468 g/mol. The Bertz CT molecular complexity index is 1280. The van der Waals surface area contributed by atoms with Gasteiger partial charge >= 0.3 is 0 Å². The standard InChI is InChI=1S/C25H25FN2O4S/c1-32-18-9-6-16(7-10-18)17-8-11-22-20(14-17)25-19(23(15-29)27-22)12-13-28(25)33(30,31)24-5-3-2-4-21(24)26/h2-11,14,19,23,25,27,29H,12-13,15H2,1H3/t19-,23+,25-/m0/s1. The van der Waals surface area contributed by atoms with Gasteiger partial charge < -0.3 is 15.2 Å². The van der Waals surface area contributed by atoms with E-state index < -0.39 is 21.9 Å². The zero-order valence-corrected chi connectivity index (χ0v) is 18.9. The quantitative estimate of drug-likeness (QED) is 0.591. The zero-order chi connectivity index (χ0) is 23.2. The number of sulfonamides is 1. The second-order valence-corrected chi connectivity index (χ2v) is 10.3. The Labute approximate surface area is 192 Å². The minimum absolute atomic E-state index is 0.117. The first kappa shape index (κ1) is 21.9. The van der Waals surface area contributed by atoms with Gasteiger partial charge in [0.2, 0.25) is 10.0 Å². The third kappa shape index (κ3) is 3.68. The van der Waals surface area contributed by atoms with Crippen LogP contribution in [0.1, 0.15) is 18.0 Å². The van der Waals surface area contributed by atoms with Crippen molar-refractivity contribution in [2.24, 2.45) is 5.92 Å². The smallest absolute Gasteiger partial charge is 0.246 e. The third-order valence-corrected chi connectivity index (χ3v) is 8.58. The highest BCUT2D eigenvalue weighted by Crippen LogP contribution is 2.49. The van der Waals surface area contributed by atoms with Crippen molar-refractivity contribution in [3.8, 4) is 16.9 Å². The van der Waals surface area contributed by atoms with Crippen LogP contribution in [0.5, 0.6) is 5.75 Å². The number of fused-ring (bicyclic) bond motifs is 3. The second kappa shape index (κ2) is 8.44. The maximum atomic E-state index is 14.5. The summed E-state index contributed by atoms with van der Waals surface area (Å²) in [4.78, 5) is -0.322. The zero-order valence-electron chi connectivity index (χ0n) is 18.1. The molecule has 5 rings (SSSR count). The number of nitrogens with zero attached hydrogens (tertiary/aromatic N) is 1. The summed E-state index contributed by atoms with van der Waals surface area (Å²) in [7, 11) is -2.46. The second-order valence-electron chi connectivity index (χ2n) is 8.41. The van der Waals surface area contributed by atoms with E-state index in [-0.39, 0.29) is 30.0 Å². The molecule has 3 aromatic rings. The lowest BCUT2D eigenvalue weighted by molar-refractivity contribution is 0.210. The summed E-state index contributed by atoms with van der Waals surface area (Å²) in [5, 5.41) is 13.4. The van der Waals surface area contributed by atoms with Crippen LogP contribution >= 0.6 is 0 Å². The molecule has 0 radical (unpaired) electrons. The number of hydrogen-bond donors (Lipinski definition) is 2. The lowest BCUT2D eigenvalue weighted by Crippen LogP contribution is -2.43. The van der Waals surface area contributed by atoms with E-state index in [1.165, 1.54) is 22.5 Å². The van der Waals surface area contributed by atoms with Gasteiger partial charge in [0.15, 0.2) is 0 Å². The number of anilines is 1. The van der Waals surface area contributed by atoms with Crippen molar-refractivity contribution in [3.63, 3.8) is 0 Å². The van der Waals surface area contributed by atoms with Gasteiger partial charge in [0.05, 0.1) is 25.8 Å². The van der Waals surface area contributed by atoms with Gasteiger partial charge in [-0.2, -0.15) is 4.31 Å². The van der Waals surface area contributed by atoms with Gasteiger partial charge in [-0.3, -0.25) is 0 Å². The number of nitrogens with one attached hydrogen (secondary N) is 1. The molecule has 3 aromatic carbocycles. The van der Waals surface area contributed by atoms with Crippen LogP contribution in [0.15, 0.2) is 71.6 Å². The van der Waals surface area contributed by atoms with E-state index in [9.17, 15) is 17.9 Å². The number of aliphatic hydroxyl groups excluding tert-OH is 1. The lowest BCUT2D eigenvalue weighted by Gasteiger charge is -2.39. The van der Waals surface area contributed by atoms with Crippen LogP contribution in [0.4, 0.5) is 10.1 Å². The first-order chi connectivity index (χ1) is 15.9. The summed E-state index contributed by atoms with van der Waals surface area (Å²) in [6.45, 7) is 0.144. The molecule has 1 fully saturated rings. The van der Waals surface area contributed by atoms with Crippen molar-refractivity contribution < 1.29 is 22.7 Å². The van der Waals surface area contributed by atoms with Gasteiger partial charge in [0.25, 0.3) is 0 Å². The minimum atomic E-state index is -4.07. The largest absolute Gasteiger partial charge is 0.497 e. The fourth-order valence-corrected chi connectivity index (χ4v) is 6.77. The van der Waals surface area contributed by atoms with Crippen LogP contribution in [-0.4, -0.2) is 44.1 Å². The molecule has 0 aromatic heterocycles. The third-order valence-electron chi connectivity index (χ3n) is 6.67. The molecule has 0 bridgehead atoms. The molecule has 1 saturated heterocycles. The average molecular weight is 469 g/mol. The summed E-state index contributed by atoms with van der Waals surface area (Å²) >= 11 is 0. The van der Waals surface area contributed by atoms with Crippen LogP contribution in [0.2, 0.25) is 0 Å². The summed E-state index contributed by atoms with van der Waals surface area (Å²) in [6, 6.07) is 18.2. The molecule has 6 nitrogen and oxygen atoms in total. The number of rotatable bonds is 5. The Kier molecular flexibility index (Phi) is 5.60. The average Bonchev–Trinajstić information content (AvgIpc) is 3.30. The fraction of sp³-hybridized carbons (Fsp3) is 0.280. The van der Waals surface area contributed by atoms with Gasteiger partial charge in [0, 0.05) is 18.2 Å². The molecule has 2 N–H and O–H groups in total. The van der Waals surface area contributed by atoms with Crippen molar-refractivity contribution in [1.29, 1.82) is 0 Å². The highest BCUT2D eigenvalue weighted by Gasteiger charge is 2.49. The predicted octanol–water partition coefficient (Wildman–Crippen LogP) is 4.04. The van der Waals surface area contributed by atoms with Gasteiger partial charge in [-0.25, -0.2) is 12.8 Å². The van der Waals surface area contributed by atoms with Gasteiger partial charge in [-0.15, -0.1) is 0 Å². The van der Waals surface area contributed by atoms with Gasteiger partial charge in [-0.05, 0) is 59.5 Å². The molecule has 172 valence electrons. The van der Waals surface area contributed by atoms with Crippen molar-refractivity contribution >= 4 is 15.7 Å². The van der Waals surface area contributed by atoms with Crippen LogP contribution in [0.25, 0.3) is 11.1 Å². The van der Waals surface area contributed by atoms with Crippen LogP contribution < -0.4 is 10.1 Å². The van der Waals surface area contributed by atoms with E-state index in [4.69, 9.17) is 4.74 Å². The maximum Gasteiger partial charge on any atom is 0.246 e. The molecule has 0 unspecified atom stereocenters. The molecule has 0 spiro atoms. The van der Waals surface area contributed by atoms with Crippen LogP contribution in [0, 0.1) is 11.7 Å². The molecule has 8 heteroatoms. The highest BCUT2D eigenvalue weighted by atomic mass is 32.2. The lowest BCUT2D eigenvalue weighted by atomic mass is 9.82. The van der Waals surface area contributed by atoms with E-state index in [2.05, 4.69) is 5.32 Å². The van der Waals surface area contributed by atoms with Gasteiger partial charge in [0.1, 0.15) is 16.5 Å². The van der Waals surface area contributed by atoms with E-state index >= 15 is 0 Å². The van der Waals surface area contributed by atoms with E-state index in [1.807, 2.05) is 42.5 Å². The van der Waals surface area contributed by atoms with Gasteiger partial charge in [-0.1, -0.05) is 30.3 Å². The van der Waals surface area contributed by atoms with Crippen molar-refractivity contribution in [1.82, 2.24) is 4.31 Å². The van der Waals surface area contributed by atoms with E-state index in [0.717, 1.165) is 34.2 Å². The molecular weight excluding hydrogens is 443 g/mol. The Morgan fingerprint density at radius 1 is 1.09 bits per heavy atom. The van der Waals surface area contributed by atoms with E-state index in [1.54, 1.807) is 7.11 Å². The molecule has 33 heavy (non-hydrogen) atoms. The number of methoxy groups -OCH3 is 1. The Morgan fingerprint density at radius 3 is 2.52 bits per heavy atom. The topological polar surface area (TPSA) is 78.9 Å². The number of benzene rings is 3. The Hall–Kier alpha value is -2.94. The highest BCUT2D eigenvalue weighted by molar-refractivity contribution is 7.89. The fourth-order valence-electron chi connectivity index (χ4n) is 5.03. The SMILES string of the molecule is COc1ccc(-c2ccc3c(c2)[C@@H]2[C@@H](CCN2S(=O)(=O)c2ccccc2F)[C@@H](CO)N3)cc1. The molecule has 0 amide bonds. The first-order valence-electron chi connectivity index (χ1n) is 10.9. The Morgan fingerprint density at radius 2 is 1.82 bits per heavy atom. The van der Waals surface area contributed by atoms with Crippen molar-refractivity contribution in [2.45, 2.75) is 23.4 Å². The number of hydrogen-bond acceptors (Lipinski definition) is 5. The molecule has 0 saturated carbocycles. The molecule has 2 aliphatic rings. The normalized spacial score (nSPS) is 22.3. The molecule has 2 heterocycles. The Balaban J connectivity index is 1.60. The van der Waals surface area contributed by atoms with Crippen LogP contribution in [0.3, 0.4) is 0 Å². The predicted molar refractivity (Wildman–Crippen MR) is 124 cm³/mol. The first-order valence-corrected chi connectivity index (χ1v) is 12.3. The summed E-state index contributed by atoms with van der Waals surface area (Å²) < 4.78 is 48.2. The summed E-state index contributed by atoms with van der Waals surface area (Å²) in [5.41, 5.74) is 3.52. The number of halogens is 1. The molecule has 2 aliphatic heterocycles. The van der Waals surface area contributed by atoms with Crippen molar-refractivity contribution in [3.05, 3.63) is 78.1 Å².